The molecule has 0 bridgehead atoms. The van der Waals surface area contributed by atoms with Crippen LogP contribution in [0.4, 0.5) is 5.69 Å². The van der Waals surface area contributed by atoms with Gasteiger partial charge >= 0.3 is 5.97 Å². The summed E-state index contributed by atoms with van der Waals surface area (Å²) in [6.45, 7) is 11.9. The molecular weight excluding hydrogens is 460 g/mol. The van der Waals surface area contributed by atoms with Gasteiger partial charge < -0.3 is 24.3 Å². The van der Waals surface area contributed by atoms with Gasteiger partial charge in [0.15, 0.2) is 0 Å². The summed E-state index contributed by atoms with van der Waals surface area (Å²) >= 11 is 0. The van der Waals surface area contributed by atoms with Crippen molar-refractivity contribution in [1.82, 2.24) is 14.9 Å². The maximum absolute atomic E-state index is 13.6. The van der Waals surface area contributed by atoms with E-state index in [1.807, 2.05) is 39.8 Å². The third kappa shape index (κ3) is 6.72. The molecule has 2 unspecified atom stereocenters. The second kappa shape index (κ2) is 12.2. The maximum Gasteiger partial charge on any atom is 0.307 e. The van der Waals surface area contributed by atoms with E-state index in [9.17, 15) is 14.4 Å². The SMILES string of the molecule is COC(=O)CC(NC(=O)C(CC(C)C)n1ccc(C)cc1=O)c1cnc(C)c(N2CCOC[C@@H]2C)c1.[HH]. The number of methoxy groups -OCH3 is 1. The Balaban J connectivity index is 0.00000481. The molecule has 0 saturated carbocycles. The summed E-state index contributed by atoms with van der Waals surface area (Å²) in [5.74, 6) is -0.607. The fourth-order valence-electron chi connectivity index (χ4n) is 4.51. The van der Waals surface area contributed by atoms with Gasteiger partial charge in [-0.25, -0.2) is 0 Å². The van der Waals surface area contributed by atoms with Crippen LogP contribution < -0.4 is 15.8 Å². The maximum atomic E-state index is 13.6. The van der Waals surface area contributed by atoms with Crippen LogP contribution in [0.25, 0.3) is 0 Å². The van der Waals surface area contributed by atoms with Crippen LogP contribution in [-0.4, -0.2) is 54.3 Å². The van der Waals surface area contributed by atoms with Crippen LogP contribution in [-0.2, 0) is 19.1 Å². The monoisotopic (exact) mass is 500 g/mol. The Hall–Kier alpha value is -3.20. The number of nitrogens with zero attached hydrogens (tertiary/aromatic N) is 3. The van der Waals surface area contributed by atoms with E-state index in [1.165, 1.54) is 17.7 Å². The first-order chi connectivity index (χ1) is 17.1. The van der Waals surface area contributed by atoms with Crippen molar-refractivity contribution in [2.75, 3.05) is 31.8 Å². The molecule has 1 aliphatic rings. The number of aryl methyl sites for hydroxylation is 2. The quantitative estimate of drug-likeness (QED) is 0.527. The second-order valence-corrected chi connectivity index (χ2v) is 9.93. The lowest BCUT2D eigenvalue weighted by atomic mass is 9.99. The summed E-state index contributed by atoms with van der Waals surface area (Å²) < 4.78 is 12.0. The largest absolute Gasteiger partial charge is 0.469 e. The topological polar surface area (TPSA) is 103 Å². The van der Waals surface area contributed by atoms with Crippen LogP contribution in [0.2, 0.25) is 0 Å². The molecule has 0 aliphatic carbocycles. The van der Waals surface area contributed by atoms with Gasteiger partial charge in [0, 0.05) is 32.5 Å². The predicted octanol–water partition coefficient (Wildman–Crippen LogP) is 3.34. The van der Waals surface area contributed by atoms with Gasteiger partial charge in [0.1, 0.15) is 6.04 Å². The second-order valence-electron chi connectivity index (χ2n) is 9.93. The Morgan fingerprint density at radius 2 is 2.06 bits per heavy atom. The number of esters is 1. The van der Waals surface area contributed by atoms with Crippen LogP contribution in [0.3, 0.4) is 0 Å². The summed E-state index contributed by atoms with van der Waals surface area (Å²) in [6, 6.07) is 4.11. The number of aromatic nitrogens is 2. The van der Waals surface area contributed by atoms with E-state index in [-0.39, 0.29) is 31.3 Å². The number of carbonyl (C=O) groups excluding carboxylic acids is 2. The predicted molar refractivity (Wildman–Crippen MR) is 140 cm³/mol. The number of anilines is 1. The van der Waals surface area contributed by atoms with Gasteiger partial charge in [0.05, 0.1) is 44.2 Å². The molecule has 0 aromatic carbocycles. The van der Waals surface area contributed by atoms with E-state index in [4.69, 9.17) is 9.47 Å². The summed E-state index contributed by atoms with van der Waals surface area (Å²) in [7, 11) is 1.32. The summed E-state index contributed by atoms with van der Waals surface area (Å²) in [5.41, 5.74) is 3.10. The zero-order chi connectivity index (χ0) is 26.4. The molecule has 2 aromatic rings. The lowest BCUT2D eigenvalue weighted by Crippen LogP contribution is -2.44. The smallest absolute Gasteiger partial charge is 0.307 e. The first-order valence-corrected chi connectivity index (χ1v) is 12.5. The third-order valence-corrected chi connectivity index (χ3v) is 6.51. The number of nitrogens with one attached hydrogen (secondary N) is 1. The van der Waals surface area contributed by atoms with Gasteiger partial charge in [-0.15, -0.1) is 0 Å². The minimum atomic E-state index is -0.713. The van der Waals surface area contributed by atoms with Crippen molar-refractivity contribution < 1.29 is 20.5 Å². The van der Waals surface area contributed by atoms with Gasteiger partial charge in [0.2, 0.25) is 5.91 Å². The van der Waals surface area contributed by atoms with Crippen LogP contribution in [0.15, 0.2) is 35.4 Å². The number of carbonyl (C=O) groups is 2. The standard InChI is InChI=1S/C27H38N4O5.H2/c1-17(2)11-24(31-8-7-18(3)12-25(31)32)27(34)29-22(14-26(33)35-6)21-13-23(20(5)28-15-21)30-9-10-36-16-19(30)4;/h7-8,12-13,15,17,19,22,24H,9-11,14,16H2,1-6H3,(H,29,34);1H/t19-,22?,24?;/m0./s1. The Kier molecular flexibility index (Phi) is 9.25. The van der Waals surface area contributed by atoms with Crippen molar-refractivity contribution >= 4 is 17.6 Å². The first-order valence-electron chi connectivity index (χ1n) is 12.5. The lowest BCUT2D eigenvalue weighted by molar-refractivity contribution is -0.141. The summed E-state index contributed by atoms with van der Waals surface area (Å²) in [5, 5.41) is 3.02. The fraction of sp³-hybridized carbons (Fsp3) is 0.556. The summed E-state index contributed by atoms with van der Waals surface area (Å²) in [4.78, 5) is 45.5. The molecule has 1 aliphatic heterocycles. The van der Waals surface area contributed by atoms with E-state index in [1.54, 1.807) is 12.4 Å². The fourth-order valence-corrected chi connectivity index (χ4v) is 4.51. The number of ether oxygens (including phenoxy) is 2. The molecule has 1 fully saturated rings. The van der Waals surface area contributed by atoms with Crippen molar-refractivity contribution in [3.8, 4) is 0 Å². The van der Waals surface area contributed by atoms with Gasteiger partial charge in [-0.3, -0.25) is 19.4 Å². The van der Waals surface area contributed by atoms with E-state index >= 15 is 0 Å². The number of rotatable bonds is 9. The molecule has 3 atom stereocenters. The Bertz CT molecular complexity index is 1140. The van der Waals surface area contributed by atoms with Crippen molar-refractivity contribution in [1.29, 1.82) is 0 Å². The van der Waals surface area contributed by atoms with Crippen LogP contribution >= 0.6 is 0 Å². The van der Waals surface area contributed by atoms with E-state index in [2.05, 4.69) is 22.1 Å². The highest BCUT2D eigenvalue weighted by molar-refractivity contribution is 5.82. The first kappa shape index (κ1) is 27.4. The van der Waals surface area contributed by atoms with Gasteiger partial charge in [-0.1, -0.05) is 13.8 Å². The minimum Gasteiger partial charge on any atom is -0.469 e. The van der Waals surface area contributed by atoms with Crippen LogP contribution in [0.5, 0.6) is 0 Å². The highest BCUT2D eigenvalue weighted by Gasteiger charge is 2.28. The molecule has 1 saturated heterocycles. The van der Waals surface area contributed by atoms with Crippen molar-refractivity contribution in [3.63, 3.8) is 0 Å². The highest BCUT2D eigenvalue weighted by atomic mass is 16.5. The van der Waals surface area contributed by atoms with Gasteiger partial charge in [0.25, 0.3) is 5.56 Å². The van der Waals surface area contributed by atoms with Crippen LogP contribution in [0.1, 0.15) is 63.9 Å². The summed E-state index contributed by atoms with van der Waals surface area (Å²) in [6.07, 6.45) is 3.77. The molecule has 0 radical (unpaired) electrons. The lowest BCUT2D eigenvalue weighted by Gasteiger charge is -2.36. The molecule has 1 amide bonds. The Labute approximate surface area is 214 Å². The normalized spacial score (nSPS) is 17.5. The molecule has 9 heteroatoms. The Morgan fingerprint density at radius 3 is 2.69 bits per heavy atom. The third-order valence-electron chi connectivity index (χ3n) is 6.51. The van der Waals surface area contributed by atoms with E-state index in [0.717, 1.165) is 23.5 Å². The average molecular weight is 501 g/mol. The van der Waals surface area contributed by atoms with Crippen molar-refractivity contribution in [2.24, 2.45) is 5.92 Å². The number of pyridine rings is 2. The number of hydrogen-bond acceptors (Lipinski definition) is 7. The van der Waals surface area contributed by atoms with E-state index < -0.39 is 18.1 Å². The van der Waals surface area contributed by atoms with Gasteiger partial charge in [-0.2, -0.15) is 0 Å². The molecule has 3 rings (SSSR count). The molecule has 3 heterocycles. The zero-order valence-electron chi connectivity index (χ0n) is 22.1. The molecule has 1 N–H and O–H groups in total. The molecule has 0 spiro atoms. The van der Waals surface area contributed by atoms with Crippen molar-refractivity contribution in [3.05, 3.63) is 57.8 Å². The molecular formula is C27H40N4O5. The number of hydrogen-bond donors (Lipinski definition) is 1. The molecule has 2 aromatic heterocycles. The molecule has 9 nitrogen and oxygen atoms in total. The Morgan fingerprint density at radius 1 is 1.31 bits per heavy atom. The highest BCUT2D eigenvalue weighted by Crippen LogP contribution is 2.28. The molecule has 198 valence electrons. The zero-order valence-corrected chi connectivity index (χ0v) is 22.1. The van der Waals surface area contributed by atoms with Crippen LogP contribution in [0, 0.1) is 19.8 Å². The van der Waals surface area contributed by atoms with E-state index in [0.29, 0.717) is 25.2 Å². The molecule has 36 heavy (non-hydrogen) atoms. The number of amides is 1. The average Bonchev–Trinajstić information content (AvgIpc) is 2.83. The van der Waals surface area contributed by atoms with Crippen molar-refractivity contribution in [2.45, 2.75) is 65.6 Å². The minimum absolute atomic E-state index is 0. The van der Waals surface area contributed by atoms with Gasteiger partial charge in [-0.05, 0) is 56.4 Å². The number of morpholine rings is 1.